The standard InChI is InChI=1S/C29H32F3N4O4P/c1-3-5-7-9-10-11-13-21-20-36(29(37)35-28(21)33)26-15-14-23(39-26)19-34-41(38-16-12-8-6-4-2)40-27-24(31)17-22(30)18-25(27)32/h1-2,17-18,20,23,26,34H,5-10,12,14-16,19H2,(H2,33,35,37)/t23-,26?,41?/m0/s1. The zero-order valence-corrected chi connectivity index (χ0v) is 23.4. The number of unbranched alkanes of at least 4 members (excludes halogenated alkanes) is 5. The summed E-state index contributed by atoms with van der Waals surface area (Å²) in [7, 11) is -2.02. The highest BCUT2D eigenvalue weighted by Gasteiger charge is 2.29. The molecule has 0 aliphatic carbocycles. The van der Waals surface area contributed by atoms with Crippen LogP contribution in [0.3, 0.4) is 0 Å². The van der Waals surface area contributed by atoms with Gasteiger partial charge in [0.05, 0.1) is 18.3 Å². The lowest BCUT2D eigenvalue weighted by Gasteiger charge is -2.21. The second kappa shape index (κ2) is 16.7. The average Bonchev–Trinajstić information content (AvgIpc) is 3.40. The molecule has 8 nitrogen and oxygen atoms in total. The van der Waals surface area contributed by atoms with Crippen LogP contribution in [0.25, 0.3) is 0 Å². The molecule has 1 aromatic carbocycles. The maximum absolute atomic E-state index is 14.2. The molecule has 2 heterocycles. The van der Waals surface area contributed by atoms with E-state index in [0.717, 1.165) is 12.8 Å². The summed E-state index contributed by atoms with van der Waals surface area (Å²) in [6.07, 6.45) is 17.1. The number of hydrogen-bond acceptors (Lipinski definition) is 7. The Balaban J connectivity index is 1.62. The minimum absolute atomic E-state index is 0.0426. The van der Waals surface area contributed by atoms with Gasteiger partial charge < -0.3 is 19.5 Å². The van der Waals surface area contributed by atoms with Gasteiger partial charge in [-0.1, -0.05) is 11.8 Å². The number of aromatic nitrogens is 2. The Morgan fingerprint density at radius 1 is 1.10 bits per heavy atom. The van der Waals surface area contributed by atoms with Gasteiger partial charge in [0.2, 0.25) is 0 Å². The van der Waals surface area contributed by atoms with Crippen molar-refractivity contribution < 1.29 is 27.0 Å². The molecule has 1 aromatic heterocycles. The van der Waals surface area contributed by atoms with Gasteiger partial charge in [-0.3, -0.25) is 4.57 Å². The van der Waals surface area contributed by atoms with Crippen LogP contribution in [0.1, 0.15) is 69.6 Å². The molecule has 218 valence electrons. The van der Waals surface area contributed by atoms with E-state index >= 15 is 0 Å². The molecule has 0 spiro atoms. The molecule has 0 bridgehead atoms. The summed E-state index contributed by atoms with van der Waals surface area (Å²) in [5, 5.41) is 3.00. The van der Waals surface area contributed by atoms with Gasteiger partial charge in [-0.2, -0.15) is 4.98 Å². The molecule has 1 aliphatic heterocycles. The zero-order valence-electron chi connectivity index (χ0n) is 22.5. The van der Waals surface area contributed by atoms with E-state index in [1.54, 1.807) is 0 Å². The van der Waals surface area contributed by atoms with Crippen LogP contribution in [0.15, 0.2) is 23.1 Å². The van der Waals surface area contributed by atoms with Crippen molar-refractivity contribution in [2.24, 2.45) is 0 Å². The monoisotopic (exact) mass is 588 g/mol. The second-order valence-corrected chi connectivity index (χ2v) is 10.4. The van der Waals surface area contributed by atoms with Crippen molar-refractivity contribution in [1.29, 1.82) is 0 Å². The Morgan fingerprint density at radius 3 is 2.49 bits per heavy atom. The Labute approximate surface area is 239 Å². The minimum atomic E-state index is -2.02. The van der Waals surface area contributed by atoms with E-state index in [4.69, 9.17) is 32.4 Å². The van der Waals surface area contributed by atoms with Crippen LogP contribution in [0.2, 0.25) is 0 Å². The highest BCUT2D eigenvalue weighted by atomic mass is 31.2. The summed E-state index contributed by atoms with van der Waals surface area (Å²) >= 11 is 0. The molecule has 2 unspecified atom stereocenters. The van der Waals surface area contributed by atoms with Gasteiger partial charge in [0, 0.05) is 44.1 Å². The molecule has 41 heavy (non-hydrogen) atoms. The van der Waals surface area contributed by atoms with Crippen LogP contribution < -0.4 is 21.0 Å². The predicted octanol–water partition coefficient (Wildman–Crippen LogP) is 5.18. The van der Waals surface area contributed by atoms with E-state index in [0.29, 0.717) is 62.6 Å². The van der Waals surface area contributed by atoms with E-state index in [1.165, 1.54) is 10.8 Å². The Morgan fingerprint density at radius 2 is 1.78 bits per heavy atom. The van der Waals surface area contributed by atoms with Crippen molar-refractivity contribution in [3.63, 3.8) is 0 Å². The van der Waals surface area contributed by atoms with E-state index < -0.39 is 43.6 Å². The maximum atomic E-state index is 14.2. The predicted molar refractivity (Wildman–Crippen MR) is 151 cm³/mol. The van der Waals surface area contributed by atoms with Gasteiger partial charge in [0.25, 0.3) is 0 Å². The SMILES string of the molecule is C#CCCCCC#Cc1cn(C2CC[C@@H](CNP(OCCCCC#C)Oc3c(F)cc(F)cc3F)O2)c(=O)nc1N. The Hall–Kier alpha value is -3.52. The number of ether oxygens (including phenoxy) is 1. The van der Waals surface area contributed by atoms with Crippen LogP contribution >= 0.6 is 8.53 Å². The van der Waals surface area contributed by atoms with Gasteiger partial charge in [-0.15, -0.1) is 24.7 Å². The molecule has 1 saturated heterocycles. The molecule has 0 saturated carbocycles. The first-order valence-corrected chi connectivity index (χ1v) is 14.4. The summed E-state index contributed by atoms with van der Waals surface area (Å²) in [5.74, 6) is 6.95. The van der Waals surface area contributed by atoms with Crippen molar-refractivity contribution in [2.45, 2.75) is 70.1 Å². The summed E-state index contributed by atoms with van der Waals surface area (Å²) in [6.45, 7) is 0.414. The number of benzene rings is 1. The smallest absolute Gasteiger partial charge is 0.351 e. The molecular weight excluding hydrogens is 556 g/mol. The number of hydrogen-bond donors (Lipinski definition) is 2. The van der Waals surface area contributed by atoms with Gasteiger partial charge in [-0.25, -0.2) is 23.1 Å². The third-order valence-corrected chi connectivity index (χ3v) is 7.19. The van der Waals surface area contributed by atoms with Crippen molar-refractivity contribution >= 4 is 14.3 Å². The lowest BCUT2D eigenvalue weighted by atomic mass is 10.2. The molecular formula is C29H32F3N4O4P. The second-order valence-electron chi connectivity index (χ2n) is 9.14. The third-order valence-electron chi connectivity index (χ3n) is 5.98. The van der Waals surface area contributed by atoms with Crippen molar-refractivity contribution in [2.75, 3.05) is 18.9 Å². The van der Waals surface area contributed by atoms with Crippen molar-refractivity contribution in [1.82, 2.24) is 14.6 Å². The van der Waals surface area contributed by atoms with Gasteiger partial charge in [0.1, 0.15) is 17.9 Å². The summed E-state index contributed by atoms with van der Waals surface area (Å²) in [4.78, 5) is 16.4. The van der Waals surface area contributed by atoms with E-state index in [-0.39, 0.29) is 25.1 Å². The molecule has 0 amide bonds. The average molecular weight is 589 g/mol. The van der Waals surface area contributed by atoms with Crippen molar-refractivity contribution in [3.05, 3.63) is 51.8 Å². The number of anilines is 1. The normalized spacial score (nSPS) is 16.8. The highest BCUT2D eigenvalue weighted by Crippen LogP contribution is 2.39. The van der Waals surface area contributed by atoms with Gasteiger partial charge in [0.15, 0.2) is 17.4 Å². The Kier molecular flexibility index (Phi) is 13.0. The van der Waals surface area contributed by atoms with Crippen LogP contribution in [0.5, 0.6) is 5.75 Å². The van der Waals surface area contributed by atoms with E-state index in [1.807, 2.05) is 0 Å². The fourth-order valence-electron chi connectivity index (χ4n) is 3.88. The minimum Gasteiger partial charge on any atom is -0.430 e. The summed E-state index contributed by atoms with van der Waals surface area (Å²) < 4.78 is 60.3. The highest BCUT2D eigenvalue weighted by molar-refractivity contribution is 7.45. The molecule has 1 fully saturated rings. The topological polar surface area (TPSA) is 101 Å². The number of nitrogens with two attached hydrogens (primary N) is 1. The van der Waals surface area contributed by atoms with E-state index in [9.17, 15) is 18.0 Å². The summed E-state index contributed by atoms with van der Waals surface area (Å²) in [5.41, 5.74) is 5.76. The number of terminal acetylenes is 2. The first kappa shape index (κ1) is 32.0. The third kappa shape index (κ3) is 10.1. The van der Waals surface area contributed by atoms with Crippen LogP contribution in [-0.2, 0) is 9.26 Å². The molecule has 12 heteroatoms. The van der Waals surface area contributed by atoms with Crippen molar-refractivity contribution in [3.8, 4) is 42.3 Å². The number of nitrogens with one attached hydrogen (secondary N) is 1. The molecule has 3 atom stereocenters. The number of rotatable bonds is 14. The lowest BCUT2D eigenvalue weighted by Crippen LogP contribution is -2.30. The molecule has 3 N–H and O–H groups in total. The van der Waals surface area contributed by atoms with Crippen LogP contribution in [-0.4, -0.2) is 28.8 Å². The Bertz CT molecular complexity index is 1360. The van der Waals surface area contributed by atoms with E-state index in [2.05, 4.69) is 33.8 Å². The quantitative estimate of drug-likeness (QED) is 0.178. The van der Waals surface area contributed by atoms with Gasteiger partial charge in [-0.05, 0) is 38.5 Å². The molecule has 1 aliphatic rings. The molecule has 3 rings (SSSR count). The number of nitrogens with zero attached hydrogens (tertiary/aromatic N) is 2. The molecule has 0 radical (unpaired) electrons. The lowest BCUT2D eigenvalue weighted by molar-refractivity contribution is 0.00178. The summed E-state index contributed by atoms with van der Waals surface area (Å²) in [6, 6.07) is 1.06. The first-order valence-electron chi connectivity index (χ1n) is 13.2. The molecule has 2 aromatic rings. The fraction of sp³-hybridized carbons (Fsp3) is 0.448. The van der Waals surface area contributed by atoms with Gasteiger partial charge >= 0.3 is 14.2 Å². The fourth-order valence-corrected chi connectivity index (χ4v) is 5.08. The number of halogens is 3. The van der Waals surface area contributed by atoms with Crippen LogP contribution in [0, 0.1) is 54.0 Å². The maximum Gasteiger partial charge on any atom is 0.351 e. The zero-order chi connectivity index (χ0) is 29.6. The first-order chi connectivity index (χ1) is 19.8. The largest absolute Gasteiger partial charge is 0.430 e. The van der Waals surface area contributed by atoms with Crippen LogP contribution in [0.4, 0.5) is 19.0 Å². The number of nitrogen functional groups attached to an aromatic ring is 1.